The number of nitro groups is 1. The number of thiophene rings is 1. The molecule has 0 aliphatic heterocycles. The zero-order valence-corrected chi connectivity index (χ0v) is 17.8. The number of carbonyl (C=O) groups excluding carboxylic acids is 1. The number of hydrogen-bond acceptors (Lipinski definition) is 6. The van der Waals surface area contributed by atoms with E-state index in [4.69, 9.17) is 4.98 Å². The summed E-state index contributed by atoms with van der Waals surface area (Å²) in [5.41, 5.74) is 4.76. The van der Waals surface area contributed by atoms with E-state index in [0.29, 0.717) is 10.0 Å². The lowest BCUT2D eigenvalue weighted by molar-refractivity contribution is -0.384. The molecule has 2 aromatic heterocycles. The van der Waals surface area contributed by atoms with Gasteiger partial charge in [-0.25, -0.2) is 4.98 Å². The highest BCUT2D eigenvalue weighted by Gasteiger charge is 2.19. The van der Waals surface area contributed by atoms with Gasteiger partial charge in [-0.2, -0.15) is 0 Å². The molecule has 0 radical (unpaired) electrons. The number of nitrogens with one attached hydrogen (secondary N) is 1. The minimum absolute atomic E-state index is 0.0301. The molecule has 4 rings (SSSR count). The lowest BCUT2D eigenvalue weighted by atomic mass is 10.0. The van der Waals surface area contributed by atoms with Gasteiger partial charge in [-0.05, 0) is 48.6 Å². The predicted molar refractivity (Wildman–Crippen MR) is 121 cm³/mol. The molecule has 1 N–H and O–H groups in total. The number of hydrogen-bond donors (Lipinski definition) is 1. The van der Waals surface area contributed by atoms with Crippen LogP contribution in [0.3, 0.4) is 0 Å². The molecule has 0 bridgehead atoms. The van der Waals surface area contributed by atoms with Crippen LogP contribution in [0.1, 0.15) is 20.8 Å². The molecule has 0 saturated heterocycles. The quantitative estimate of drug-likeness (QED) is 0.294. The molecule has 0 aliphatic carbocycles. The zero-order valence-electron chi connectivity index (χ0n) is 16.2. The van der Waals surface area contributed by atoms with Gasteiger partial charge in [0.1, 0.15) is 0 Å². The Balaban J connectivity index is 1.79. The molecule has 4 aromatic rings. The van der Waals surface area contributed by atoms with Gasteiger partial charge < -0.3 is 0 Å². The normalized spacial score (nSPS) is 10.7. The van der Waals surface area contributed by atoms with E-state index >= 15 is 0 Å². The summed E-state index contributed by atoms with van der Waals surface area (Å²) in [5, 5.41) is 16.2. The summed E-state index contributed by atoms with van der Waals surface area (Å²) in [6.45, 7) is 4.05. The number of anilines is 1. The zero-order chi connectivity index (χ0) is 21.3. The molecule has 0 spiro atoms. The van der Waals surface area contributed by atoms with E-state index in [1.54, 1.807) is 18.2 Å². The minimum Gasteiger partial charge on any atom is -0.297 e. The summed E-state index contributed by atoms with van der Waals surface area (Å²) in [6, 6.07) is 16.1. The van der Waals surface area contributed by atoms with E-state index in [-0.39, 0.29) is 11.6 Å². The van der Waals surface area contributed by atoms with Crippen LogP contribution < -0.4 is 5.32 Å². The fourth-order valence-corrected chi connectivity index (χ4v) is 4.73. The highest BCUT2D eigenvalue weighted by Crippen LogP contribution is 2.40. The first-order valence-corrected chi connectivity index (χ1v) is 10.8. The van der Waals surface area contributed by atoms with E-state index in [0.717, 1.165) is 32.8 Å². The number of nitrogens with zero attached hydrogens (tertiary/aromatic N) is 2. The highest BCUT2D eigenvalue weighted by molar-refractivity contribution is 7.19. The van der Waals surface area contributed by atoms with Crippen molar-refractivity contribution in [2.24, 2.45) is 0 Å². The topological polar surface area (TPSA) is 85.1 Å². The smallest absolute Gasteiger partial charge is 0.269 e. The second-order valence-electron chi connectivity index (χ2n) is 6.75. The molecule has 0 saturated carbocycles. The number of nitro benzene ring substituents is 1. The Morgan fingerprint density at radius 1 is 1.10 bits per heavy atom. The average Bonchev–Trinajstić information content (AvgIpc) is 3.38. The van der Waals surface area contributed by atoms with Gasteiger partial charge in [0.15, 0.2) is 5.13 Å². The van der Waals surface area contributed by atoms with E-state index < -0.39 is 4.92 Å². The molecule has 0 fully saturated rings. The Hall–Kier alpha value is -3.36. The van der Waals surface area contributed by atoms with Crippen LogP contribution in [0.2, 0.25) is 0 Å². The second-order valence-corrected chi connectivity index (χ2v) is 8.70. The largest absolute Gasteiger partial charge is 0.297 e. The van der Waals surface area contributed by atoms with Gasteiger partial charge in [0, 0.05) is 17.7 Å². The molecule has 8 heteroatoms. The molecule has 2 aromatic carbocycles. The summed E-state index contributed by atoms with van der Waals surface area (Å²) in [6.07, 6.45) is 0. The first kappa shape index (κ1) is 19.9. The van der Waals surface area contributed by atoms with Crippen LogP contribution in [0.5, 0.6) is 0 Å². The maximum atomic E-state index is 12.5. The number of thiazole rings is 1. The monoisotopic (exact) mass is 435 g/mol. The Kier molecular flexibility index (Phi) is 5.43. The number of aryl methyl sites for hydroxylation is 2. The number of rotatable bonds is 5. The Labute approximate surface area is 181 Å². The molecule has 0 unspecified atom stereocenters. The highest BCUT2D eigenvalue weighted by atomic mass is 32.1. The van der Waals surface area contributed by atoms with Crippen LogP contribution in [-0.2, 0) is 0 Å². The second kappa shape index (κ2) is 8.17. The summed E-state index contributed by atoms with van der Waals surface area (Å²) in [4.78, 5) is 29.2. The lowest BCUT2D eigenvalue weighted by Gasteiger charge is -2.07. The average molecular weight is 436 g/mol. The number of amides is 1. The maximum absolute atomic E-state index is 12.5. The van der Waals surface area contributed by atoms with Crippen molar-refractivity contribution in [3.05, 3.63) is 86.1 Å². The Morgan fingerprint density at radius 2 is 1.87 bits per heavy atom. The predicted octanol–water partition coefficient (Wildman–Crippen LogP) is 6.32. The molecule has 150 valence electrons. The third-order valence-corrected chi connectivity index (χ3v) is 6.46. The van der Waals surface area contributed by atoms with Crippen molar-refractivity contribution in [2.45, 2.75) is 13.8 Å². The van der Waals surface area contributed by atoms with Crippen LogP contribution in [0, 0.1) is 24.0 Å². The van der Waals surface area contributed by atoms with Gasteiger partial charge >= 0.3 is 0 Å². The molecule has 6 nitrogen and oxygen atoms in total. The van der Waals surface area contributed by atoms with E-state index in [1.165, 1.54) is 34.8 Å². The molecule has 1 amide bonds. The van der Waals surface area contributed by atoms with Crippen LogP contribution in [-0.4, -0.2) is 15.8 Å². The van der Waals surface area contributed by atoms with Crippen molar-refractivity contribution in [1.29, 1.82) is 0 Å². The number of non-ortho nitro benzene ring substituents is 1. The van der Waals surface area contributed by atoms with Crippen molar-refractivity contribution in [2.75, 3.05) is 5.32 Å². The van der Waals surface area contributed by atoms with Gasteiger partial charge in [0.05, 0.1) is 20.4 Å². The first-order chi connectivity index (χ1) is 14.4. The Bertz CT molecular complexity index is 1230. The van der Waals surface area contributed by atoms with Crippen molar-refractivity contribution in [3.8, 4) is 21.7 Å². The fourth-order valence-electron chi connectivity index (χ4n) is 3.13. The molecule has 0 atom stereocenters. The Morgan fingerprint density at radius 3 is 2.50 bits per heavy atom. The SMILES string of the molecule is Cc1ccc(-c2nc(NC(=O)c3cccs3)sc2-c2ccc([N+](=O)[O-])cc2)c(C)c1. The van der Waals surface area contributed by atoms with Gasteiger partial charge in [-0.15, -0.1) is 11.3 Å². The van der Waals surface area contributed by atoms with Gasteiger partial charge in [0.2, 0.25) is 0 Å². The summed E-state index contributed by atoms with van der Waals surface area (Å²) >= 11 is 2.72. The van der Waals surface area contributed by atoms with Crippen molar-refractivity contribution < 1.29 is 9.72 Å². The van der Waals surface area contributed by atoms with Crippen molar-refractivity contribution in [3.63, 3.8) is 0 Å². The molecular weight excluding hydrogens is 418 g/mol. The molecule has 0 aliphatic rings. The standard InChI is InChI=1S/C22H17N3O3S2/c1-13-5-10-17(14(2)12-13)19-20(15-6-8-16(9-7-15)25(27)28)30-22(23-19)24-21(26)18-4-3-11-29-18/h3-12H,1-2H3,(H,23,24,26). The first-order valence-electron chi connectivity index (χ1n) is 9.10. The summed E-state index contributed by atoms with van der Waals surface area (Å²) in [7, 11) is 0. The van der Waals surface area contributed by atoms with Gasteiger partial charge in [-0.1, -0.05) is 41.2 Å². The van der Waals surface area contributed by atoms with Gasteiger partial charge in [0.25, 0.3) is 11.6 Å². The number of benzene rings is 2. The summed E-state index contributed by atoms with van der Waals surface area (Å²) < 4.78 is 0. The number of carbonyl (C=O) groups is 1. The lowest BCUT2D eigenvalue weighted by Crippen LogP contribution is -2.09. The molecular formula is C22H17N3O3S2. The fraction of sp³-hybridized carbons (Fsp3) is 0.0909. The van der Waals surface area contributed by atoms with Crippen LogP contribution in [0.4, 0.5) is 10.8 Å². The third-order valence-electron chi connectivity index (χ3n) is 4.57. The molecule has 2 heterocycles. The van der Waals surface area contributed by atoms with Crippen LogP contribution >= 0.6 is 22.7 Å². The molecule has 30 heavy (non-hydrogen) atoms. The van der Waals surface area contributed by atoms with Crippen molar-refractivity contribution in [1.82, 2.24) is 4.98 Å². The van der Waals surface area contributed by atoms with E-state index in [1.807, 2.05) is 37.4 Å². The van der Waals surface area contributed by atoms with E-state index in [2.05, 4.69) is 11.4 Å². The van der Waals surface area contributed by atoms with Crippen molar-refractivity contribution >= 4 is 39.4 Å². The van der Waals surface area contributed by atoms with E-state index in [9.17, 15) is 14.9 Å². The van der Waals surface area contributed by atoms with Crippen LogP contribution in [0.15, 0.2) is 60.0 Å². The number of aromatic nitrogens is 1. The third kappa shape index (κ3) is 4.00. The maximum Gasteiger partial charge on any atom is 0.269 e. The van der Waals surface area contributed by atoms with Gasteiger partial charge in [-0.3, -0.25) is 20.2 Å². The minimum atomic E-state index is -0.422. The van der Waals surface area contributed by atoms with Crippen LogP contribution in [0.25, 0.3) is 21.7 Å². The summed E-state index contributed by atoms with van der Waals surface area (Å²) in [5.74, 6) is -0.207.